The summed E-state index contributed by atoms with van der Waals surface area (Å²) in [6, 6.07) is 2.27. The van der Waals surface area contributed by atoms with E-state index in [0.29, 0.717) is 18.9 Å². The highest BCUT2D eigenvalue weighted by Gasteiger charge is 2.41. The van der Waals surface area contributed by atoms with E-state index in [-0.39, 0.29) is 17.8 Å². The van der Waals surface area contributed by atoms with Crippen molar-refractivity contribution >= 4 is 8.80 Å². The highest BCUT2D eigenvalue weighted by atomic mass is 28.4. The molecule has 0 N–H and O–H groups in total. The highest BCUT2D eigenvalue weighted by molar-refractivity contribution is 6.60. The molecule has 0 saturated heterocycles. The Balaban J connectivity index is 2.43. The minimum Gasteiger partial charge on any atom is -0.377 e. The summed E-state index contributed by atoms with van der Waals surface area (Å²) in [5.74, 6) is -2.85. The predicted molar refractivity (Wildman–Crippen MR) is 98.5 cm³/mol. The quantitative estimate of drug-likeness (QED) is 0.262. The van der Waals surface area contributed by atoms with Crippen LogP contribution < -0.4 is 0 Å². The van der Waals surface area contributed by atoms with Gasteiger partial charge in [-0.25, -0.2) is 13.2 Å². The predicted octanol–water partition coefficient (Wildman–Crippen LogP) is 5.64. The zero-order valence-electron chi connectivity index (χ0n) is 16.4. The van der Waals surface area contributed by atoms with Crippen LogP contribution in [-0.4, -0.2) is 28.1 Å². The van der Waals surface area contributed by atoms with Crippen LogP contribution in [0.15, 0.2) is 12.1 Å². The Morgan fingerprint density at radius 1 is 0.808 bits per heavy atom. The van der Waals surface area contributed by atoms with Crippen molar-refractivity contribution in [3.63, 3.8) is 0 Å². The molecule has 0 bridgehead atoms. The van der Waals surface area contributed by atoms with Crippen molar-refractivity contribution < 1.29 is 26.4 Å². The molecule has 7 heteroatoms. The fourth-order valence-corrected chi connectivity index (χ4v) is 5.64. The number of rotatable bonds is 12. The SMILES string of the molecule is CO[Si](CCCCCCc1cc(F)c(F)cc1F)(OC(C)C)OC(C)C. The molecule has 3 nitrogen and oxygen atoms in total. The molecule has 1 rings (SSSR count). The number of hydrogen-bond acceptors (Lipinski definition) is 3. The summed E-state index contributed by atoms with van der Waals surface area (Å²) in [7, 11) is -1.07. The van der Waals surface area contributed by atoms with Gasteiger partial charge in [0.25, 0.3) is 0 Å². The summed E-state index contributed by atoms with van der Waals surface area (Å²) in [5, 5.41) is 0. The largest absolute Gasteiger partial charge is 0.501 e. The average molecular weight is 393 g/mol. The maximum Gasteiger partial charge on any atom is 0.501 e. The van der Waals surface area contributed by atoms with E-state index >= 15 is 0 Å². The second kappa shape index (κ2) is 11.1. The van der Waals surface area contributed by atoms with Gasteiger partial charge in [-0.3, -0.25) is 0 Å². The van der Waals surface area contributed by atoms with Crippen molar-refractivity contribution in [1.82, 2.24) is 0 Å². The number of halogens is 3. The third-order valence-corrected chi connectivity index (χ3v) is 7.16. The van der Waals surface area contributed by atoms with Crippen molar-refractivity contribution in [3.8, 4) is 0 Å². The molecule has 0 fully saturated rings. The van der Waals surface area contributed by atoms with E-state index in [9.17, 15) is 13.2 Å². The van der Waals surface area contributed by atoms with Crippen molar-refractivity contribution in [1.29, 1.82) is 0 Å². The third-order valence-electron chi connectivity index (χ3n) is 3.91. The smallest absolute Gasteiger partial charge is 0.377 e. The minimum atomic E-state index is -2.69. The van der Waals surface area contributed by atoms with E-state index in [4.69, 9.17) is 13.3 Å². The highest BCUT2D eigenvalue weighted by Crippen LogP contribution is 2.23. The first-order valence-electron chi connectivity index (χ1n) is 9.23. The maximum absolute atomic E-state index is 13.6. The molecular formula is C19H31F3O3Si. The lowest BCUT2D eigenvalue weighted by molar-refractivity contribution is 0.0323. The van der Waals surface area contributed by atoms with Crippen molar-refractivity contribution in [2.24, 2.45) is 0 Å². The van der Waals surface area contributed by atoms with Crippen molar-refractivity contribution in [2.45, 2.75) is 78.1 Å². The Labute approximate surface area is 156 Å². The summed E-state index contributed by atoms with van der Waals surface area (Å²) in [6.07, 6.45) is 3.79. The Morgan fingerprint density at radius 2 is 1.35 bits per heavy atom. The Morgan fingerprint density at radius 3 is 1.88 bits per heavy atom. The fraction of sp³-hybridized carbons (Fsp3) is 0.684. The number of aryl methyl sites for hydroxylation is 1. The molecule has 1 aromatic rings. The molecule has 0 spiro atoms. The second-order valence-electron chi connectivity index (χ2n) is 6.99. The summed E-state index contributed by atoms with van der Waals surface area (Å²) < 4.78 is 57.3. The van der Waals surface area contributed by atoms with Crippen LogP contribution in [0.2, 0.25) is 6.04 Å². The number of hydrogen-bond donors (Lipinski definition) is 0. The van der Waals surface area contributed by atoms with Crippen LogP contribution in [0, 0.1) is 17.5 Å². The van der Waals surface area contributed by atoms with Crippen LogP contribution in [0.1, 0.15) is 58.9 Å². The molecule has 0 saturated carbocycles. The van der Waals surface area contributed by atoms with Crippen molar-refractivity contribution in [3.05, 3.63) is 35.1 Å². The monoisotopic (exact) mass is 392 g/mol. The normalized spacial score (nSPS) is 12.4. The topological polar surface area (TPSA) is 27.7 Å². The summed E-state index contributed by atoms with van der Waals surface area (Å²) in [6.45, 7) is 7.84. The van der Waals surface area contributed by atoms with E-state index in [2.05, 4.69) is 0 Å². The molecule has 0 unspecified atom stereocenters. The van der Waals surface area contributed by atoms with Crippen LogP contribution >= 0.6 is 0 Å². The van der Waals surface area contributed by atoms with Gasteiger partial charge < -0.3 is 13.3 Å². The zero-order valence-corrected chi connectivity index (χ0v) is 17.4. The van der Waals surface area contributed by atoms with Gasteiger partial charge in [-0.05, 0) is 58.6 Å². The average Bonchev–Trinajstić information content (AvgIpc) is 2.53. The van der Waals surface area contributed by atoms with E-state index in [1.165, 1.54) is 0 Å². The molecule has 150 valence electrons. The van der Waals surface area contributed by atoms with E-state index in [0.717, 1.165) is 31.4 Å². The van der Waals surface area contributed by atoms with Crippen LogP contribution in [0.5, 0.6) is 0 Å². The summed E-state index contributed by atoms with van der Waals surface area (Å²) in [4.78, 5) is 0. The number of benzene rings is 1. The van der Waals surface area contributed by atoms with Gasteiger partial charge in [-0.15, -0.1) is 0 Å². The van der Waals surface area contributed by atoms with Crippen LogP contribution in [-0.2, 0) is 19.7 Å². The first kappa shape index (κ1) is 23.1. The first-order valence-corrected chi connectivity index (χ1v) is 11.2. The van der Waals surface area contributed by atoms with Crippen molar-refractivity contribution in [2.75, 3.05) is 7.11 Å². The Kier molecular flexibility index (Phi) is 9.85. The van der Waals surface area contributed by atoms with Gasteiger partial charge in [-0.2, -0.15) is 0 Å². The fourth-order valence-electron chi connectivity index (χ4n) is 2.83. The summed E-state index contributed by atoms with van der Waals surface area (Å²) >= 11 is 0. The second-order valence-corrected chi connectivity index (χ2v) is 9.74. The molecule has 0 heterocycles. The molecular weight excluding hydrogens is 361 g/mol. The summed E-state index contributed by atoms with van der Waals surface area (Å²) in [5.41, 5.74) is 0.218. The van der Waals surface area contributed by atoms with Gasteiger partial charge in [0.1, 0.15) is 5.82 Å². The molecule has 0 aromatic heterocycles. The lowest BCUT2D eigenvalue weighted by atomic mass is 10.1. The van der Waals surface area contributed by atoms with Crippen LogP contribution in [0.3, 0.4) is 0 Å². The molecule has 0 aliphatic carbocycles. The molecule has 0 radical (unpaired) electrons. The van der Waals surface area contributed by atoms with Gasteiger partial charge in [-0.1, -0.05) is 12.8 Å². The van der Waals surface area contributed by atoms with E-state index < -0.39 is 26.3 Å². The Bertz CT molecular complexity index is 543. The molecule has 1 aromatic carbocycles. The molecule has 0 aliphatic rings. The van der Waals surface area contributed by atoms with Gasteiger partial charge in [0.15, 0.2) is 11.6 Å². The van der Waals surface area contributed by atoms with Gasteiger partial charge in [0, 0.05) is 31.4 Å². The number of unbranched alkanes of at least 4 members (excludes halogenated alkanes) is 3. The molecule has 26 heavy (non-hydrogen) atoms. The molecule has 0 aliphatic heterocycles. The third kappa shape index (κ3) is 7.78. The molecule has 0 atom stereocenters. The van der Waals surface area contributed by atoms with Gasteiger partial charge in [0.2, 0.25) is 0 Å². The van der Waals surface area contributed by atoms with Crippen LogP contribution in [0.25, 0.3) is 0 Å². The Hall–Kier alpha value is -0.893. The van der Waals surface area contributed by atoms with E-state index in [1.807, 2.05) is 27.7 Å². The van der Waals surface area contributed by atoms with E-state index in [1.54, 1.807) is 7.11 Å². The molecule has 0 amide bonds. The first-order chi connectivity index (χ1) is 12.2. The lowest BCUT2D eigenvalue weighted by Crippen LogP contribution is -2.48. The minimum absolute atomic E-state index is 0.0247. The van der Waals surface area contributed by atoms with Gasteiger partial charge in [0.05, 0.1) is 0 Å². The lowest BCUT2D eigenvalue weighted by Gasteiger charge is -2.31. The maximum atomic E-state index is 13.6. The van der Waals surface area contributed by atoms with Gasteiger partial charge >= 0.3 is 8.80 Å². The zero-order chi connectivity index (χ0) is 19.7. The standard InChI is InChI=1S/C19H31F3O3Si/c1-14(2)24-26(23-5,25-15(3)4)11-9-7-6-8-10-16-12-18(21)19(22)13-17(16)20/h12-15H,6-11H2,1-5H3. The van der Waals surface area contributed by atoms with Crippen LogP contribution in [0.4, 0.5) is 13.2 Å².